The van der Waals surface area contributed by atoms with E-state index in [0.717, 1.165) is 37.5 Å². The van der Waals surface area contributed by atoms with E-state index in [4.69, 9.17) is 10.00 Å². The molecule has 3 nitrogen and oxygen atoms in total. The van der Waals surface area contributed by atoms with Crippen LogP contribution in [0.15, 0.2) is 24.3 Å². The van der Waals surface area contributed by atoms with Crippen LogP contribution in [-0.2, 0) is 16.1 Å². The molecule has 0 bridgehead atoms. The number of hydrogen-bond donors (Lipinski definition) is 0. The largest absolute Gasteiger partial charge is 0.374 e. The van der Waals surface area contributed by atoms with Crippen molar-refractivity contribution in [3.05, 3.63) is 35.4 Å². The molecule has 3 heteroatoms. The SMILES string of the molecule is N#Cc1ccc(COC2CCC(C=O)CC2)cc1. The van der Waals surface area contributed by atoms with Gasteiger partial charge >= 0.3 is 0 Å². The maximum absolute atomic E-state index is 10.6. The second kappa shape index (κ2) is 6.32. The third-order valence-corrected chi connectivity index (χ3v) is 3.48. The zero-order valence-corrected chi connectivity index (χ0v) is 10.3. The molecular weight excluding hydrogens is 226 g/mol. The Hall–Kier alpha value is -1.66. The van der Waals surface area contributed by atoms with Crippen molar-refractivity contribution in [2.45, 2.75) is 38.4 Å². The van der Waals surface area contributed by atoms with Crippen molar-refractivity contribution in [1.29, 1.82) is 5.26 Å². The molecule has 1 aliphatic rings. The highest BCUT2D eigenvalue weighted by atomic mass is 16.5. The number of rotatable bonds is 4. The van der Waals surface area contributed by atoms with E-state index in [2.05, 4.69) is 6.07 Å². The number of carbonyl (C=O) groups is 1. The van der Waals surface area contributed by atoms with Crippen molar-refractivity contribution in [1.82, 2.24) is 0 Å². The highest BCUT2D eigenvalue weighted by Gasteiger charge is 2.20. The highest BCUT2D eigenvalue weighted by Crippen LogP contribution is 2.25. The van der Waals surface area contributed by atoms with Gasteiger partial charge in [-0.15, -0.1) is 0 Å². The van der Waals surface area contributed by atoms with Gasteiger partial charge in [-0.05, 0) is 43.4 Å². The lowest BCUT2D eigenvalue weighted by atomic mass is 9.88. The fourth-order valence-corrected chi connectivity index (χ4v) is 2.28. The van der Waals surface area contributed by atoms with Crippen LogP contribution in [0.3, 0.4) is 0 Å². The van der Waals surface area contributed by atoms with Gasteiger partial charge in [0.15, 0.2) is 0 Å². The first-order valence-electron chi connectivity index (χ1n) is 6.37. The number of aldehydes is 1. The molecule has 2 rings (SSSR count). The Morgan fingerprint density at radius 2 is 1.89 bits per heavy atom. The molecule has 94 valence electrons. The Morgan fingerprint density at radius 3 is 2.44 bits per heavy atom. The van der Waals surface area contributed by atoms with Gasteiger partial charge in [0.2, 0.25) is 0 Å². The van der Waals surface area contributed by atoms with Crippen molar-refractivity contribution < 1.29 is 9.53 Å². The average Bonchev–Trinajstić information content (AvgIpc) is 2.46. The van der Waals surface area contributed by atoms with Crippen LogP contribution in [0, 0.1) is 17.2 Å². The molecule has 0 aliphatic heterocycles. The number of nitriles is 1. The molecule has 0 unspecified atom stereocenters. The zero-order valence-electron chi connectivity index (χ0n) is 10.3. The molecule has 0 spiro atoms. The summed E-state index contributed by atoms with van der Waals surface area (Å²) in [5.74, 6) is 0.236. The fraction of sp³-hybridized carbons (Fsp3) is 0.467. The molecule has 0 atom stereocenters. The van der Waals surface area contributed by atoms with Crippen LogP contribution < -0.4 is 0 Å². The smallest absolute Gasteiger partial charge is 0.123 e. The third-order valence-electron chi connectivity index (χ3n) is 3.48. The highest BCUT2D eigenvalue weighted by molar-refractivity contribution is 5.53. The summed E-state index contributed by atoms with van der Waals surface area (Å²) in [7, 11) is 0. The van der Waals surface area contributed by atoms with E-state index in [1.165, 1.54) is 0 Å². The number of hydrogen-bond acceptors (Lipinski definition) is 3. The van der Waals surface area contributed by atoms with E-state index in [0.29, 0.717) is 12.2 Å². The molecular formula is C15H17NO2. The van der Waals surface area contributed by atoms with Gasteiger partial charge in [-0.3, -0.25) is 0 Å². The van der Waals surface area contributed by atoms with Crippen molar-refractivity contribution in [3.63, 3.8) is 0 Å². The van der Waals surface area contributed by atoms with Crippen LogP contribution in [-0.4, -0.2) is 12.4 Å². The number of ether oxygens (including phenoxy) is 1. The Kier molecular flexibility index (Phi) is 4.49. The van der Waals surface area contributed by atoms with E-state index >= 15 is 0 Å². The van der Waals surface area contributed by atoms with Gasteiger partial charge in [0.1, 0.15) is 6.29 Å². The quantitative estimate of drug-likeness (QED) is 0.764. The summed E-state index contributed by atoms with van der Waals surface area (Å²) in [6.07, 6.45) is 5.18. The van der Waals surface area contributed by atoms with Crippen LogP contribution in [0.4, 0.5) is 0 Å². The summed E-state index contributed by atoms with van der Waals surface area (Å²) in [5, 5.41) is 8.70. The lowest BCUT2D eigenvalue weighted by Crippen LogP contribution is -2.22. The lowest BCUT2D eigenvalue weighted by Gasteiger charge is -2.25. The molecule has 1 aromatic carbocycles. The number of nitrogens with zero attached hydrogens (tertiary/aromatic N) is 1. The fourth-order valence-electron chi connectivity index (χ4n) is 2.28. The van der Waals surface area contributed by atoms with Crippen LogP contribution in [0.1, 0.15) is 36.8 Å². The number of carbonyl (C=O) groups excluding carboxylic acids is 1. The second-order valence-electron chi connectivity index (χ2n) is 4.79. The maximum atomic E-state index is 10.6. The first kappa shape index (κ1) is 12.8. The van der Waals surface area contributed by atoms with Gasteiger partial charge in [0.05, 0.1) is 24.3 Å². The molecule has 0 amide bonds. The Morgan fingerprint density at radius 1 is 1.22 bits per heavy atom. The molecule has 0 N–H and O–H groups in total. The van der Waals surface area contributed by atoms with Crippen molar-refractivity contribution >= 4 is 6.29 Å². The Balaban J connectivity index is 1.78. The topological polar surface area (TPSA) is 50.1 Å². The van der Waals surface area contributed by atoms with Crippen LogP contribution in [0.25, 0.3) is 0 Å². The van der Waals surface area contributed by atoms with Gasteiger partial charge in [-0.2, -0.15) is 5.26 Å². The predicted octanol–water partition coefficient (Wildman–Crippen LogP) is 2.83. The molecule has 1 aliphatic carbocycles. The molecule has 0 aromatic heterocycles. The summed E-state index contributed by atoms with van der Waals surface area (Å²) < 4.78 is 5.84. The average molecular weight is 243 g/mol. The monoisotopic (exact) mass is 243 g/mol. The standard InChI is InChI=1S/C15H17NO2/c16-9-12-1-3-14(4-2-12)11-18-15-7-5-13(10-17)6-8-15/h1-4,10,13,15H,5-8,11H2. The summed E-state index contributed by atoms with van der Waals surface area (Å²) in [5.41, 5.74) is 1.76. The second-order valence-corrected chi connectivity index (χ2v) is 4.79. The normalized spacial score (nSPS) is 23.3. The molecule has 0 radical (unpaired) electrons. The predicted molar refractivity (Wildman–Crippen MR) is 67.8 cm³/mol. The summed E-state index contributed by atoms with van der Waals surface area (Å²) >= 11 is 0. The van der Waals surface area contributed by atoms with Crippen LogP contribution >= 0.6 is 0 Å². The van der Waals surface area contributed by atoms with Crippen molar-refractivity contribution in [2.75, 3.05) is 0 Å². The van der Waals surface area contributed by atoms with E-state index in [-0.39, 0.29) is 12.0 Å². The Bertz CT molecular complexity index is 425. The molecule has 0 saturated heterocycles. The van der Waals surface area contributed by atoms with Crippen LogP contribution in [0.2, 0.25) is 0 Å². The molecule has 1 saturated carbocycles. The minimum atomic E-state index is 0.236. The summed E-state index contributed by atoms with van der Waals surface area (Å²) in [6.45, 7) is 0.585. The first-order chi connectivity index (χ1) is 8.81. The summed E-state index contributed by atoms with van der Waals surface area (Å²) in [4.78, 5) is 10.6. The van der Waals surface area contributed by atoms with E-state index in [9.17, 15) is 4.79 Å². The van der Waals surface area contributed by atoms with E-state index in [1.54, 1.807) is 0 Å². The van der Waals surface area contributed by atoms with Crippen molar-refractivity contribution in [3.8, 4) is 6.07 Å². The lowest BCUT2D eigenvalue weighted by molar-refractivity contribution is -0.113. The van der Waals surface area contributed by atoms with Gasteiger partial charge in [0.25, 0.3) is 0 Å². The van der Waals surface area contributed by atoms with Gasteiger partial charge < -0.3 is 9.53 Å². The zero-order chi connectivity index (χ0) is 12.8. The van der Waals surface area contributed by atoms with E-state index in [1.807, 2.05) is 24.3 Å². The van der Waals surface area contributed by atoms with E-state index < -0.39 is 0 Å². The first-order valence-corrected chi connectivity index (χ1v) is 6.37. The minimum Gasteiger partial charge on any atom is -0.374 e. The van der Waals surface area contributed by atoms with Gasteiger partial charge in [-0.1, -0.05) is 12.1 Å². The summed E-state index contributed by atoms with van der Waals surface area (Å²) in [6, 6.07) is 9.56. The third kappa shape index (κ3) is 3.41. The molecule has 1 aromatic rings. The van der Waals surface area contributed by atoms with Gasteiger partial charge in [0, 0.05) is 5.92 Å². The Labute approximate surface area is 107 Å². The molecule has 18 heavy (non-hydrogen) atoms. The molecule has 0 heterocycles. The van der Waals surface area contributed by atoms with Crippen LogP contribution in [0.5, 0.6) is 0 Å². The van der Waals surface area contributed by atoms with Gasteiger partial charge in [-0.25, -0.2) is 0 Å². The molecule has 1 fully saturated rings. The minimum absolute atomic E-state index is 0.236. The number of benzene rings is 1. The maximum Gasteiger partial charge on any atom is 0.123 e. The van der Waals surface area contributed by atoms with Crippen molar-refractivity contribution in [2.24, 2.45) is 5.92 Å².